The Bertz CT molecular complexity index is 675. The summed E-state index contributed by atoms with van der Waals surface area (Å²) in [5.41, 5.74) is 8.42. The van der Waals surface area contributed by atoms with Crippen LogP contribution in [0.3, 0.4) is 0 Å². The van der Waals surface area contributed by atoms with Gasteiger partial charge in [-0.2, -0.15) is 0 Å². The Labute approximate surface area is 142 Å². The summed E-state index contributed by atoms with van der Waals surface area (Å²) in [6.45, 7) is 1.95. The molecule has 3 N–H and O–H groups in total. The molecule has 5 heteroatoms. The van der Waals surface area contributed by atoms with Crippen LogP contribution in [0.4, 0.5) is 5.69 Å². The van der Waals surface area contributed by atoms with Crippen LogP contribution in [0.25, 0.3) is 0 Å². The van der Waals surface area contributed by atoms with Crippen LogP contribution in [0.2, 0.25) is 0 Å². The number of nitrogens with one attached hydrogen (secondary N) is 1. The molecule has 0 aromatic heterocycles. The largest absolute Gasteiger partial charge is 0.492 e. The van der Waals surface area contributed by atoms with Gasteiger partial charge >= 0.3 is 0 Å². The van der Waals surface area contributed by atoms with E-state index in [4.69, 9.17) is 10.5 Å². The molecule has 24 heavy (non-hydrogen) atoms. The molecular weight excluding hydrogens is 302 g/mol. The minimum Gasteiger partial charge on any atom is -0.492 e. The molecule has 1 unspecified atom stereocenters. The van der Waals surface area contributed by atoms with Crippen LogP contribution >= 0.6 is 0 Å². The van der Waals surface area contributed by atoms with Gasteiger partial charge in [-0.15, -0.1) is 0 Å². The molecular formula is C19H23N3O2. The van der Waals surface area contributed by atoms with Gasteiger partial charge in [-0.25, -0.2) is 0 Å². The maximum Gasteiger partial charge on any atom is 0.239 e. The number of hydrogen-bond acceptors (Lipinski definition) is 4. The first-order valence-corrected chi connectivity index (χ1v) is 8.25. The first kappa shape index (κ1) is 16.3. The van der Waals surface area contributed by atoms with E-state index in [0.717, 1.165) is 17.9 Å². The SMILES string of the molecule is NC1Cc2ccccc2N(CC(=O)NCCOc2ccccc2)C1. The van der Waals surface area contributed by atoms with Gasteiger partial charge in [-0.3, -0.25) is 4.79 Å². The average Bonchev–Trinajstić information content (AvgIpc) is 2.59. The van der Waals surface area contributed by atoms with Crippen molar-refractivity contribution in [2.45, 2.75) is 12.5 Å². The molecule has 0 fully saturated rings. The fraction of sp³-hybridized carbons (Fsp3) is 0.316. The van der Waals surface area contributed by atoms with Crippen molar-refractivity contribution < 1.29 is 9.53 Å². The van der Waals surface area contributed by atoms with Gasteiger partial charge in [0, 0.05) is 18.3 Å². The van der Waals surface area contributed by atoms with Crippen molar-refractivity contribution in [3.8, 4) is 5.75 Å². The summed E-state index contributed by atoms with van der Waals surface area (Å²) in [5.74, 6) is 0.790. The summed E-state index contributed by atoms with van der Waals surface area (Å²) in [5, 5.41) is 2.90. The molecule has 1 amide bonds. The van der Waals surface area contributed by atoms with E-state index in [1.807, 2.05) is 48.5 Å². The number of hydrogen-bond donors (Lipinski definition) is 2. The van der Waals surface area contributed by atoms with Crippen LogP contribution in [-0.2, 0) is 11.2 Å². The monoisotopic (exact) mass is 325 g/mol. The third-order valence-corrected chi connectivity index (χ3v) is 4.04. The number of fused-ring (bicyclic) bond motifs is 1. The summed E-state index contributed by atoms with van der Waals surface area (Å²) in [6, 6.07) is 17.8. The van der Waals surface area contributed by atoms with E-state index in [2.05, 4.69) is 16.3 Å². The van der Waals surface area contributed by atoms with Crippen LogP contribution in [0, 0.1) is 0 Å². The molecule has 1 atom stereocenters. The molecule has 0 spiro atoms. The smallest absolute Gasteiger partial charge is 0.239 e. The zero-order valence-corrected chi connectivity index (χ0v) is 13.7. The molecule has 0 aliphatic carbocycles. The number of nitrogens with zero attached hydrogens (tertiary/aromatic N) is 1. The molecule has 0 saturated heterocycles. The molecule has 126 valence electrons. The predicted octanol–water partition coefficient (Wildman–Crippen LogP) is 1.57. The highest BCUT2D eigenvalue weighted by molar-refractivity contribution is 5.82. The van der Waals surface area contributed by atoms with Gasteiger partial charge in [0.1, 0.15) is 12.4 Å². The third-order valence-electron chi connectivity index (χ3n) is 4.04. The summed E-state index contributed by atoms with van der Waals surface area (Å²) >= 11 is 0. The fourth-order valence-electron chi connectivity index (χ4n) is 2.98. The van der Waals surface area contributed by atoms with Crippen molar-refractivity contribution in [1.29, 1.82) is 0 Å². The highest BCUT2D eigenvalue weighted by Gasteiger charge is 2.23. The van der Waals surface area contributed by atoms with Gasteiger partial charge in [0.25, 0.3) is 0 Å². The molecule has 1 heterocycles. The number of para-hydroxylation sites is 2. The normalized spacial score (nSPS) is 16.4. The molecule has 0 bridgehead atoms. The maximum atomic E-state index is 12.2. The van der Waals surface area contributed by atoms with Crippen molar-refractivity contribution in [1.82, 2.24) is 5.32 Å². The molecule has 5 nitrogen and oxygen atoms in total. The Morgan fingerprint density at radius 2 is 1.92 bits per heavy atom. The Kier molecular flexibility index (Phi) is 5.33. The number of nitrogens with two attached hydrogens (primary N) is 1. The first-order chi connectivity index (χ1) is 11.7. The van der Waals surface area contributed by atoms with Crippen LogP contribution < -0.4 is 20.7 Å². The number of carbonyl (C=O) groups is 1. The van der Waals surface area contributed by atoms with Gasteiger partial charge in [0.2, 0.25) is 5.91 Å². The Morgan fingerprint density at radius 3 is 2.75 bits per heavy atom. The Hall–Kier alpha value is -2.53. The predicted molar refractivity (Wildman–Crippen MR) is 95.3 cm³/mol. The molecule has 1 aliphatic heterocycles. The number of rotatable bonds is 6. The summed E-state index contributed by atoms with van der Waals surface area (Å²) in [6.07, 6.45) is 0.860. The highest BCUT2D eigenvalue weighted by atomic mass is 16.5. The van der Waals surface area contributed by atoms with Crippen molar-refractivity contribution in [2.24, 2.45) is 5.73 Å². The van der Waals surface area contributed by atoms with Crippen molar-refractivity contribution in [2.75, 3.05) is 31.1 Å². The number of anilines is 1. The lowest BCUT2D eigenvalue weighted by atomic mass is 9.98. The second kappa shape index (κ2) is 7.84. The summed E-state index contributed by atoms with van der Waals surface area (Å²) in [7, 11) is 0. The van der Waals surface area contributed by atoms with Crippen LogP contribution in [0.15, 0.2) is 54.6 Å². The van der Waals surface area contributed by atoms with Gasteiger partial charge < -0.3 is 20.7 Å². The second-order valence-electron chi connectivity index (χ2n) is 5.98. The van der Waals surface area contributed by atoms with Gasteiger partial charge in [0.05, 0.1) is 13.1 Å². The van der Waals surface area contributed by atoms with E-state index in [1.165, 1.54) is 5.56 Å². The summed E-state index contributed by atoms with van der Waals surface area (Å²) in [4.78, 5) is 14.2. The highest BCUT2D eigenvalue weighted by Crippen LogP contribution is 2.25. The van der Waals surface area contributed by atoms with E-state index >= 15 is 0 Å². The zero-order chi connectivity index (χ0) is 16.8. The van der Waals surface area contributed by atoms with Crippen molar-refractivity contribution in [3.63, 3.8) is 0 Å². The number of carbonyl (C=O) groups excluding carboxylic acids is 1. The third kappa shape index (κ3) is 4.26. The minimum absolute atomic E-state index is 0.0180. The van der Waals surface area contributed by atoms with Crippen molar-refractivity contribution >= 4 is 11.6 Å². The molecule has 0 saturated carbocycles. The van der Waals surface area contributed by atoms with Crippen LogP contribution in [0.5, 0.6) is 5.75 Å². The second-order valence-corrected chi connectivity index (χ2v) is 5.98. The molecule has 2 aromatic carbocycles. The molecule has 1 aliphatic rings. The van der Waals surface area contributed by atoms with Crippen molar-refractivity contribution in [3.05, 3.63) is 60.2 Å². The lowest BCUT2D eigenvalue weighted by Gasteiger charge is -2.34. The number of benzene rings is 2. The van der Waals surface area contributed by atoms with E-state index in [9.17, 15) is 4.79 Å². The molecule has 3 rings (SSSR count). The summed E-state index contributed by atoms with van der Waals surface area (Å²) < 4.78 is 5.57. The minimum atomic E-state index is -0.0180. The lowest BCUT2D eigenvalue weighted by Crippen LogP contribution is -2.47. The van der Waals surface area contributed by atoms with E-state index < -0.39 is 0 Å². The molecule has 2 aromatic rings. The quantitative estimate of drug-likeness (QED) is 0.791. The zero-order valence-electron chi connectivity index (χ0n) is 13.7. The van der Waals surface area contributed by atoms with E-state index in [1.54, 1.807) is 0 Å². The van der Waals surface area contributed by atoms with E-state index in [0.29, 0.717) is 26.2 Å². The van der Waals surface area contributed by atoms with Gasteiger partial charge in [0.15, 0.2) is 0 Å². The topological polar surface area (TPSA) is 67.6 Å². The maximum absolute atomic E-state index is 12.2. The Morgan fingerprint density at radius 1 is 1.17 bits per heavy atom. The van der Waals surface area contributed by atoms with E-state index in [-0.39, 0.29) is 11.9 Å². The van der Waals surface area contributed by atoms with Gasteiger partial charge in [-0.05, 0) is 30.2 Å². The van der Waals surface area contributed by atoms with Crippen LogP contribution in [-0.4, -0.2) is 38.2 Å². The first-order valence-electron chi connectivity index (χ1n) is 8.25. The fourth-order valence-corrected chi connectivity index (χ4v) is 2.98. The average molecular weight is 325 g/mol. The van der Waals surface area contributed by atoms with Crippen LogP contribution in [0.1, 0.15) is 5.56 Å². The number of amides is 1. The Balaban J connectivity index is 1.47. The molecule has 0 radical (unpaired) electrons. The van der Waals surface area contributed by atoms with Gasteiger partial charge in [-0.1, -0.05) is 36.4 Å². The number of ether oxygens (including phenoxy) is 1. The lowest BCUT2D eigenvalue weighted by molar-refractivity contribution is -0.119. The standard InChI is InChI=1S/C19H23N3O2/c20-16-12-15-6-4-5-9-18(15)22(13-16)14-19(23)21-10-11-24-17-7-2-1-3-8-17/h1-9,16H,10-14,20H2,(H,21,23).